The first kappa shape index (κ1) is 30.6. The number of amides is 1. The molecule has 2 aromatic rings. The van der Waals surface area contributed by atoms with Crippen LogP contribution < -0.4 is 14.2 Å². The number of likely N-dealkylation sites (tertiary alicyclic amines) is 1. The molecule has 11 heteroatoms. The number of nitrogens with zero attached hydrogens (tertiary/aromatic N) is 5. The summed E-state index contributed by atoms with van der Waals surface area (Å²) in [6.07, 6.45) is 8.06. The summed E-state index contributed by atoms with van der Waals surface area (Å²) in [6, 6.07) is 5.22. The van der Waals surface area contributed by atoms with E-state index in [9.17, 15) is 14.7 Å². The third-order valence-corrected chi connectivity index (χ3v) is 8.11. The highest BCUT2D eigenvalue weighted by Crippen LogP contribution is 2.47. The molecule has 41 heavy (non-hydrogen) atoms. The van der Waals surface area contributed by atoms with E-state index >= 15 is 0 Å². The number of carboxylic acid groups (broad SMARTS) is 1. The highest BCUT2D eigenvalue weighted by molar-refractivity contribution is 5.79. The minimum absolute atomic E-state index is 0.0560. The molecule has 1 amide bonds. The summed E-state index contributed by atoms with van der Waals surface area (Å²) < 4.78 is 18.6. The van der Waals surface area contributed by atoms with Gasteiger partial charge in [-0.05, 0) is 70.1 Å². The van der Waals surface area contributed by atoms with Crippen molar-refractivity contribution in [3.05, 3.63) is 36.2 Å². The first-order valence-electron chi connectivity index (χ1n) is 14.7. The van der Waals surface area contributed by atoms with E-state index < -0.39 is 11.9 Å². The van der Waals surface area contributed by atoms with Crippen LogP contribution in [-0.2, 0) is 16.1 Å². The fourth-order valence-electron chi connectivity index (χ4n) is 5.97. The number of carbonyl (C=O) groups excluding carboxylic acids is 1. The third-order valence-electron chi connectivity index (χ3n) is 8.11. The molecule has 4 rings (SSSR count). The van der Waals surface area contributed by atoms with Crippen LogP contribution in [0.4, 0.5) is 0 Å². The highest BCUT2D eigenvalue weighted by Gasteiger charge is 2.47. The molecule has 0 spiro atoms. The van der Waals surface area contributed by atoms with Gasteiger partial charge in [-0.2, -0.15) is 5.10 Å². The van der Waals surface area contributed by atoms with Gasteiger partial charge in [-0.1, -0.05) is 13.3 Å². The van der Waals surface area contributed by atoms with Crippen molar-refractivity contribution in [1.29, 1.82) is 0 Å². The van der Waals surface area contributed by atoms with Gasteiger partial charge < -0.3 is 29.1 Å². The van der Waals surface area contributed by atoms with Crippen LogP contribution in [0.5, 0.6) is 17.2 Å². The molecule has 1 fully saturated rings. The van der Waals surface area contributed by atoms with E-state index in [0.717, 1.165) is 37.8 Å². The standard InChI is InChI=1S/C30H45N5O6/c1-5-6-13-33(14-8-7-12-32(2)3)27(36)20-34-19-23(22-17-25(39-4)29-26(18-22)40-21-41-29)28(30(37)38)24(34)10-16-35-15-9-11-31-35/h9,11,15,17-18,23-24,28H,5-8,10,12-14,16,19-21H2,1-4H3,(H,37,38)/t23-,24+,28-/m1/s1. The zero-order valence-corrected chi connectivity index (χ0v) is 24.8. The van der Waals surface area contributed by atoms with Crippen LogP contribution in [0.25, 0.3) is 0 Å². The molecular formula is C30H45N5O6. The number of carbonyl (C=O) groups is 2. The first-order valence-corrected chi connectivity index (χ1v) is 14.7. The molecule has 3 heterocycles. The molecule has 0 unspecified atom stereocenters. The number of aromatic nitrogens is 2. The number of unbranched alkanes of at least 4 members (excludes halogenated alkanes) is 2. The molecule has 1 aromatic heterocycles. The van der Waals surface area contributed by atoms with Crippen LogP contribution in [0, 0.1) is 5.92 Å². The molecule has 2 aliphatic heterocycles. The number of aryl methyl sites for hydroxylation is 1. The summed E-state index contributed by atoms with van der Waals surface area (Å²) in [5.41, 5.74) is 0.809. The minimum Gasteiger partial charge on any atom is -0.493 e. The van der Waals surface area contributed by atoms with Gasteiger partial charge in [0, 0.05) is 50.5 Å². The second-order valence-electron chi connectivity index (χ2n) is 11.2. The van der Waals surface area contributed by atoms with E-state index in [0.29, 0.717) is 49.8 Å². The van der Waals surface area contributed by atoms with E-state index in [-0.39, 0.29) is 31.2 Å². The van der Waals surface area contributed by atoms with Crippen molar-refractivity contribution in [2.75, 3.05) is 60.7 Å². The number of hydrogen-bond donors (Lipinski definition) is 1. The summed E-state index contributed by atoms with van der Waals surface area (Å²) in [5.74, 6) is -0.286. The van der Waals surface area contributed by atoms with E-state index in [1.54, 1.807) is 13.3 Å². The number of methoxy groups -OCH3 is 1. The number of ether oxygens (including phenoxy) is 3. The summed E-state index contributed by atoms with van der Waals surface area (Å²) in [6.45, 7) is 5.82. The van der Waals surface area contributed by atoms with Gasteiger partial charge >= 0.3 is 5.97 Å². The molecular weight excluding hydrogens is 526 g/mol. The van der Waals surface area contributed by atoms with E-state index in [2.05, 4.69) is 35.9 Å². The van der Waals surface area contributed by atoms with Gasteiger partial charge in [-0.3, -0.25) is 19.2 Å². The normalized spacial score (nSPS) is 20.1. The largest absolute Gasteiger partial charge is 0.493 e. The van der Waals surface area contributed by atoms with Crippen molar-refractivity contribution in [3.63, 3.8) is 0 Å². The lowest BCUT2D eigenvalue weighted by Gasteiger charge is -2.30. The molecule has 2 aliphatic rings. The molecule has 0 radical (unpaired) electrons. The highest BCUT2D eigenvalue weighted by atomic mass is 16.7. The van der Waals surface area contributed by atoms with E-state index in [1.807, 2.05) is 34.0 Å². The SMILES string of the molecule is CCCCN(CCCCN(C)C)C(=O)CN1C[C@H](c2cc(OC)c3c(c2)OCO3)[C@@H](C(=O)O)[C@@H]1CCn1cccn1. The van der Waals surface area contributed by atoms with Crippen molar-refractivity contribution in [2.24, 2.45) is 5.92 Å². The third kappa shape index (κ3) is 7.71. The summed E-state index contributed by atoms with van der Waals surface area (Å²) in [5, 5.41) is 14.8. The van der Waals surface area contributed by atoms with Gasteiger partial charge in [0.2, 0.25) is 18.4 Å². The van der Waals surface area contributed by atoms with Crippen LogP contribution in [0.2, 0.25) is 0 Å². The Balaban J connectivity index is 1.58. The lowest BCUT2D eigenvalue weighted by Crippen LogP contribution is -2.45. The smallest absolute Gasteiger partial charge is 0.308 e. The lowest BCUT2D eigenvalue weighted by atomic mass is 9.84. The van der Waals surface area contributed by atoms with Gasteiger partial charge in [0.25, 0.3) is 0 Å². The molecule has 3 atom stereocenters. The number of rotatable bonds is 16. The molecule has 0 bridgehead atoms. The Morgan fingerprint density at radius 1 is 1.15 bits per heavy atom. The Hall–Kier alpha value is -3.31. The van der Waals surface area contributed by atoms with Crippen LogP contribution in [0.3, 0.4) is 0 Å². The van der Waals surface area contributed by atoms with Crippen molar-refractivity contribution in [1.82, 2.24) is 24.5 Å². The second kappa shape index (κ2) is 14.5. The Morgan fingerprint density at radius 3 is 2.61 bits per heavy atom. The first-order chi connectivity index (χ1) is 19.8. The van der Waals surface area contributed by atoms with Gasteiger partial charge in [-0.15, -0.1) is 0 Å². The lowest BCUT2D eigenvalue weighted by molar-refractivity contribution is -0.144. The summed E-state index contributed by atoms with van der Waals surface area (Å²) in [7, 11) is 5.68. The topological polar surface area (TPSA) is 110 Å². The van der Waals surface area contributed by atoms with Crippen molar-refractivity contribution < 1.29 is 28.9 Å². The fourth-order valence-corrected chi connectivity index (χ4v) is 5.97. The molecule has 11 nitrogen and oxygen atoms in total. The van der Waals surface area contributed by atoms with Crippen molar-refractivity contribution in [2.45, 2.75) is 57.5 Å². The maximum absolute atomic E-state index is 13.7. The number of aliphatic carboxylic acids is 1. The van der Waals surface area contributed by atoms with Gasteiger partial charge in [0.1, 0.15) is 0 Å². The Bertz CT molecular complexity index is 1140. The van der Waals surface area contributed by atoms with Crippen molar-refractivity contribution >= 4 is 11.9 Å². The van der Waals surface area contributed by atoms with E-state index in [4.69, 9.17) is 14.2 Å². The van der Waals surface area contributed by atoms with Crippen molar-refractivity contribution in [3.8, 4) is 17.2 Å². The number of fused-ring (bicyclic) bond motifs is 1. The quantitative estimate of drug-likeness (QED) is 0.304. The van der Waals surface area contributed by atoms with Gasteiger partial charge in [0.15, 0.2) is 11.5 Å². The fraction of sp³-hybridized carbons (Fsp3) is 0.633. The molecule has 0 saturated carbocycles. The Morgan fingerprint density at radius 2 is 1.93 bits per heavy atom. The second-order valence-corrected chi connectivity index (χ2v) is 11.2. The number of benzene rings is 1. The van der Waals surface area contributed by atoms with Crippen LogP contribution >= 0.6 is 0 Å². The maximum Gasteiger partial charge on any atom is 0.308 e. The maximum atomic E-state index is 13.7. The molecule has 1 saturated heterocycles. The van der Waals surface area contributed by atoms with Crippen LogP contribution in [-0.4, -0.2) is 108 Å². The molecule has 226 valence electrons. The van der Waals surface area contributed by atoms with Crippen LogP contribution in [0.15, 0.2) is 30.6 Å². The zero-order chi connectivity index (χ0) is 29.4. The average molecular weight is 572 g/mol. The zero-order valence-electron chi connectivity index (χ0n) is 24.8. The number of hydrogen-bond acceptors (Lipinski definition) is 8. The molecule has 0 aliphatic carbocycles. The Kier molecular flexibility index (Phi) is 10.9. The molecule has 1 N–H and O–H groups in total. The predicted molar refractivity (Wildman–Crippen MR) is 154 cm³/mol. The molecule has 1 aromatic carbocycles. The predicted octanol–water partition coefficient (Wildman–Crippen LogP) is 3.15. The average Bonchev–Trinajstić information content (AvgIpc) is 3.70. The van der Waals surface area contributed by atoms with Gasteiger partial charge in [-0.25, -0.2) is 0 Å². The minimum atomic E-state index is -0.876. The van der Waals surface area contributed by atoms with E-state index in [1.165, 1.54) is 0 Å². The van der Waals surface area contributed by atoms with Crippen LogP contribution in [0.1, 0.15) is 50.5 Å². The monoisotopic (exact) mass is 571 g/mol. The summed E-state index contributed by atoms with van der Waals surface area (Å²) >= 11 is 0. The number of carboxylic acids is 1. The Labute approximate surface area is 242 Å². The summed E-state index contributed by atoms with van der Waals surface area (Å²) in [4.78, 5) is 32.8. The van der Waals surface area contributed by atoms with Gasteiger partial charge in [0.05, 0.1) is 19.6 Å².